The second-order valence-corrected chi connectivity index (χ2v) is 5.82. The summed E-state index contributed by atoms with van der Waals surface area (Å²) in [6, 6.07) is 15.2. The molecule has 2 aromatic rings. The van der Waals surface area contributed by atoms with Gasteiger partial charge in [-0.05, 0) is 36.4 Å². The molecule has 0 aliphatic heterocycles. The third-order valence-electron chi connectivity index (χ3n) is 2.72. The van der Waals surface area contributed by atoms with Gasteiger partial charge in [0.2, 0.25) is 0 Å². The average Bonchev–Trinajstić information content (AvgIpc) is 2.46. The molecular formula is C15H17NO3S. The number of benzene rings is 2. The lowest BCUT2D eigenvalue weighted by molar-refractivity contribution is 0.485. The lowest BCUT2D eigenvalue weighted by atomic mass is 10.2. The van der Waals surface area contributed by atoms with Crippen LogP contribution >= 0.6 is 0 Å². The van der Waals surface area contributed by atoms with Gasteiger partial charge in [0.25, 0.3) is 0 Å². The maximum Gasteiger partial charge on any atom is 0.339 e. The van der Waals surface area contributed by atoms with Gasteiger partial charge >= 0.3 is 10.1 Å². The summed E-state index contributed by atoms with van der Waals surface area (Å²) in [4.78, 5) is 0.150. The van der Waals surface area contributed by atoms with Crippen LogP contribution in [0.25, 0.3) is 0 Å². The molecule has 4 nitrogen and oxygen atoms in total. The van der Waals surface area contributed by atoms with Crippen LogP contribution in [0.3, 0.4) is 0 Å². The summed E-state index contributed by atoms with van der Waals surface area (Å²) in [6.07, 6.45) is 0. The smallest absolute Gasteiger partial charge is 0.339 e. The van der Waals surface area contributed by atoms with E-state index >= 15 is 0 Å². The minimum Gasteiger partial charge on any atom is -0.379 e. The Balaban J connectivity index is 2.17. The summed E-state index contributed by atoms with van der Waals surface area (Å²) in [7, 11) is -3.77. The highest BCUT2D eigenvalue weighted by molar-refractivity contribution is 7.87. The van der Waals surface area contributed by atoms with Gasteiger partial charge in [0.1, 0.15) is 10.6 Å². The third-order valence-corrected chi connectivity index (χ3v) is 3.98. The van der Waals surface area contributed by atoms with Gasteiger partial charge in [0.05, 0.1) is 0 Å². The molecule has 0 amide bonds. The van der Waals surface area contributed by atoms with Crippen molar-refractivity contribution in [1.82, 2.24) is 5.32 Å². The fourth-order valence-electron chi connectivity index (χ4n) is 1.74. The molecule has 20 heavy (non-hydrogen) atoms. The first kappa shape index (κ1) is 14.6. The average molecular weight is 291 g/mol. The first-order chi connectivity index (χ1) is 9.62. The van der Waals surface area contributed by atoms with Crippen molar-refractivity contribution < 1.29 is 12.6 Å². The zero-order valence-electron chi connectivity index (χ0n) is 11.2. The van der Waals surface area contributed by atoms with Crippen LogP contribution in [0.15, 0.2) is 59.5 Å². The van der Waals surface area contributed by atoms with Crippen LogP contribution in [0.5, 0.6) is 5.75 Å². The highest BCUT2D eigenvalue weighted by atomic mass is 32.2. The van der Waals surface area contributed by atoms with Crippen molar-refractivity contribution in [3.05, 3.63) is 60.2 Å². The molecule has 0 aliphatic carbocycles. The van der Waals surface area contributed by atoms with Gasteiger partial charge in [0.15, 0.2) is 0 Å². The van der Waals surface area contributed by atoms with E-state index in [1.165, 1.54) is 12.1 Å². The molecule has 2 aromatic carbocycles. The first-order valence-electron chi connectivity index (χ1n) is 6.41. The number of rotatable bonds is 6. The maximum atomic E-state index is 12.1. The van der Waals surface area contributed by atoms with E-state index in [0.717, 1.165) is 12.1 Å². The van der Waals surface area contributed by atoms with E-state index in [0.29, 0.717) is 12.3 Å². The largest absolute Gasteiger partial charge is 0.379 e. The molecule has 106 valence electrons. The Hall–Kier alpha value is -1.85. The van der Waals surface area contributed by atoms with Gasteiger partial charge in [-0.25, -0.2) is 0 Å². The lowest BCUT2D eigenvalue weighted by Gasteiger charge is -2.08. The van der Waals surface area contributed by atoms with Crippen molar-refractivity contribution in [1.29, 1.82) is 0 Å². The van der Waals surface area contributed by atoms with Crippen LogP contribution in [0.2, 0.25) is 0 Å². The summed E-state index contributed by atoms with van der Waals surface area (Å²) < 4.78 is 29.3. The molecule has 0 unspecified atom stereocenters. The van der Waals surface area contributed by atoms with Crippen LogP contribution in [-0.4, -0.2) is 15.0 Å². The molecule has 0 atom stereocenters. The minimum atomic E-state index is -3.77. The van der Waals surface area contributed by atoms with Gasteiger partial charge in [0, 0.05) is 6.54 Å². The molecule has 1 N–H and O–H groups in total. The van der Waals surface area contributed by atoms with Crippen LogP contribution in [-0.2, 0) is 16.7 Å². The van der Waals surface area contributed by atoms with E-state index in [1.807, 2.05) is 13.0 Å². The SMILES string of the molecule is CCNCc1cccc(OS(=O)(=O)c2ccccc2)c1. The van der Waals surface area contributed by atoms with Crippen LogP contribution in [0.1, 0.15) is 12.5 Å². The van der Waals surface area contributed by atoms with Crippen LogP contribution in [0.4, 0.5) is 0 Å². The fourth-order valence-corrected chi connectivity index (χ4v) is 2.68. The molecule has 0 heterocycles. The number of nitrogens with one attached hydrogen (secondary N) is 1. The fraction of sp³-hybridized carbons (Fsp3) is 0.200. The molecule has 0 aromatic heterocycles. The quantitative estimate of drug-likeness (QED) is 0.831. The topological polar surface area (TPSA) is 55.4 Å². The Bertz CT molecular complexity index is 654. The Morgan fingerprint density at radius 1 is 1.05 bits per heavy atom. The van der Waals surface area contributed by atoms with Crippen molar-refractivity contribution in [2.24, 2.45) is 0 Å². The molecule has 0 aliphatic rings. The zero-order valence-corrected chi connectivity index (χ0v) is 12.1. The Morgan fingerprint density at radius 2 is 1.80 bits per heavy atom. The molecule has 2 rings (SSSR count). The Labute approximate surface area is 119 Å². The van der Waals surface area contributed by atoms with Crippen molar-refractivity contribution >= 4 is 10.1 Å². The second kappa shape index (κ2) is 6.54. The molecule has 0 saturated heterocycles. The molecule has 0 bridgehead atoms. The van der Waals surface area contributed by atoms with Gasteiger partial charge < -0.3 is 9.50 Å². The van der Waals surface area contributed by atoms with E-state index in [-0.39, 0.29) is 4.90 Å². The molecular weight excluding hydrogens is 274 g/mol. The summed E-state index contributed by atoms with van der Waals surface area (Å²) in [5.74, 6) is 0.323. The van der Waals surface area contributed by atoms with E-state index in [4.69, 9.17) is 4.18 Å². The van der Waals surface area contributed by atoms with Gasteiger partial charge in [-0.2, -0.15) is 8.42 Å². The summed E-state index contributed by atoms with van der Waals surface area (Å²) in [6.45, 7) is 3.55. The predicted octanol–water partition coefficient (Wildman–Crippen LogP) is 2.56. The normalized spacial score (nSPS) is 11.2. The molecule has 0 radical (unpaired) electrons. The standard InChI is InChI=1S/C15H17NO3S/c1-2-16-12-13-7-6-8-14(11-13)19-20(17,18)15-9-4-3-5-10-15/h3-11,16H,2,12H2,1H3. The number of hydrogen-bond acceptors (Lipinski definition) is 4. The van der Waals surface area contributed by atoms with Gasteiger partial charge in [-0.1, -0.05) is 37.3 Å². The Morgan fingerprint density at radius 3 is 2.50 bits per heavy atom. The van der Waals surface area contributed by atoms with E-state index in [9.17, 15) is 8.42 Å². The van der Waals surface area contributed by atoms with E-state index in [2.05, 4.69) is 5.32 Å². The maximum absolute atomic E-state index is 12.1. The highest BCUT2D eigenvalue weighted by Crippen LogP contribution is 2.19. The van der Waals surface area contributed by atoms with Crippen molar-refractivity contribution in [2.75, 3.05) is 6.54 Å². The van der Waals surface area contributed by atoms with Crippen molar-refractivity contribution in [2.45, 2.75) is 18.4 Å². The highest BCUT2D eigenvalue weighted by Gasteiger charge is 2.15. The summed E-state index contributed by atoms with van der Waals surface area (Å²) >= 11 is 0. The summed E-state index contributed by atoms with van der Waals surface area (Å²) in [5, 5.41) is 3.18. The van der Waals surface area contributed by atoms with Crippen LogP contribution < -0.4 is 9.50 Å². The molecule has 0 fully saturated rings. The van der Waals surface area contributed by atoms with Crippen molar-refractivity contribution in [3.8, 4) is 5.75 Å². The monoisotopic (exact) mass is 291 g/mol. The van der Waals surface area contributed by atoms with Gasteiger partial charge in [-0.15, -0.1) is 0 Å². The van der Waals surface area contributed by atoms with E-state index < -0.39 is 10.1 Å². The predicted molar refractivity (Wildman–Crippen MR) is 78.1 cm³/mol. The summed E-state index contributed by atoms with van der Waals surface area (Å²) in [5.41, 5.74) is 0.979. The molecule has 0 saturated carbocycles. The van der Waals surface area contributed by atoms with Crippen LogP contribution in [0, 0.1) is 0 Å². The van der Waals surface area contributed by atoms with Crippen molar-refractivity contribution in [3.63, 3.8) is 0 Å². The Kier molecular flexibility index (Phi) is 4.76. The van der Waals surface area contributed by atoms with Gasteiger partial charge in [-0.3, -0.25) is 0 Å². The number of hydrogen-bond donors (Lipinski definition) is 1. The first-order valence-corrected chi connectivity index (χ1v) is 7.82. The molecule has 0 spiro atoms. The third kappa shape index (κ3) is 3.82. The van der Waals surface area contributed by atoms with E-state index in [1.54, 1.807) is 36.4 Å². The molecule has 5 heteroatoms. The minimum absolute atomic E-state index is 0.150. The zero-order chi connectivity index (χ0) is 14.4. The second-order valence-electron chi connectivity index (χ2n) is 4.28. The lowest BCUT2D eigenvalue weighted by Crippen LogP contribution is -2.12.